The standard InChI is InChI=1S/C11H7ClFNO3S/c12-8-4-7(1-2-9(8)13)18-5-6-3-10(11(15)16)14-17-6/h1-4H,5H2,(H,15,16). The van der Waals surface area contributed by atoms with Gasteiger partial charge in [-0.05, 0) is 18.2 Å². The third-order valence-corrected chi connectivity index (χ3v) is 3.36. The normalized spacial score (nSPS) is 10.6. The number of rotatable bonds is 4. The predicted octanol–water partition coefficient (Wildman–Crippen LogP) is 3.46. The quantitative estimate of drug-likeness (QED) is 0.873. The Kier molecular flexibility index (Phi) is 3.88. The molecule has 0 aliphatic carbocycles. The fourth-order valence-corrected chi connectivity index (χ4v) is 2.26. The van der Waals surface area contributed by atoms with Gasteiger partial charge in [-0.1, -0.05) is 16.8 Å². The van der Waals surface area contributed by atoms with Crippen LogP contribution in [0.4, 0.5) is 4.39 Å². The van der Waals surface area contributed by atoms with E-state index in [-0.39, 0.29) is 10.7 Å². The first-order valence-corrected chi connectivity index (χ1v) is 6.19. The van der Waals surface area contributed by atoms with Gasteiger partial charge in [-0.15, -0.1) is 11.8 Å². The lowest BCUT2D eigenvalue weighted by atomic mass is 10.3. The van der Waals surface area contributed by atoms with Crippen LogP contribution in [0.3, 0.4) is 0 Å². The molecule has 0 saturated carbocycles. The molecular weight excluding hydrogens is 281 g/mol. The molecule has 1 heterocycles. The average molecular weight is 288 g/mol. The number of hydrogen-bond acceptors (Lipinski definition) is 4. The van der Waals surface area contributed by atoms with E-state index in [0.717, 1.165) is 4.90 Å². The molecular formula is C11H7ClFNO3S. The topological polar surface area (TPSA) is 63.3 Å². The van der Waals surface area contributed by atoms with Crippen LogP contribution in [0.1, 0.15) is 16.2 Å². The second-order valence-corrected chi connectivity index (χ2v) is 4.80. The summed E-state index contributed by atoms with van der Waals surface area (Å²) in [4.78, 5) is 11.3. The number of carboxylic acids is 1. The van der Waals surface area contributed by atoms with E-state index in [1.165, 1.54) is 30.0 Å². The van der Waals surface area contributed by atoms with Crippen LogP contribution in [-0.2, 0) is 5.75 Å². The monoisotopic (exact) mass is 287 g/mol. The molecule has 0 atom stereocenters. The van der Waals surface area contributed by atoms with E-state index in [0.29, 0.717) is 11.5 Å². The van der Waals surface area contributed by atoms with E-state index in [1.54, 1.807) is 6.07 Å². The number of carboxylic acid groups (broad SMARTS) is 1. The number of nitrogens with zero attached hydrogens (tertiary/aromatic N) is 1. The first kappa shape index (κ1) is 12.9. The Hall–Kier alpha value is -1.53. The average Bonchev–Trinajstić information content (AvgIpc) is 2.79. The fourth-order valence-electron chi connectivity index (χ4n) is 1.20. The summed E-state index contributed by atoms with van der Waals surface area (Å²) in [5.74, 6) is -0.797. The molecule has 0 amide bonds. The minimum absolute atomic E-state index is 0.0452. The summed E-state index contributed by atoms with van der Waals surface area (Å²) in [6.07, 6.45) is 0. The van der Waals surface area contributed by atoms with Crippen LogP contribution >= 0.6 is 23.4 Å². The van der Waals surface area contributed by atoms with Crippen LogP contribution in [0.5, 0.6) is 0 Å². The maximum Gasteiger partial charge on any atom is 0.358 e. The Bertz CT molecular complexity index is 587. The molecule has 18 heavy (non-hydrogen) atoms. The molecule has 1 aromatic heterocycles. The first-order chi connectivity index (χ1) is 8.56. The van der Waals surface area contributed by atoms with E-state index in [4.69, 9.17) is 21.2 Å². The highest BCUT2D eigenvalue weighted by Gasteiger charge is 2.11. The zero-order chi connectivity index (χ0) is 13.1. The maximum absolute atomic E-state index is 12.9. The maximum atomic E-state index is 12.9. The molecule has 2 aromatic rings. The molecule has 0 radical (unpaired) electrons. The Labute approximate surface area is 111 Å². The van der Waals surface area contributed by atoms with E-state index >= 15 is 0 Å². The second-order valence-electron chi connectivity index (χ2n) is 3.35. The van der Waals surface area contributed by atoms with Crippen molar-refractivity contribution >= 4 is 29.3 Å². The zero-order valence-electron chi connectivity index (χ0n) is 8.89. The van der Waals surface area contributed by atoms with Crippen LogP contribution in [0.2, 0.25) is 5.02 Å². The first-order valence-electron chi connectivity index (χ1n) is 4.83. The van der Waals surface area contributed by atoms with Crippen molar-refractivity contribution < 1.29 is 18.8 Å². The smallest absolute Gasteiger partial charge is 0.358 e. The van der Waals surface area contributed by atoms with Crippen molar-refractivity contribution in [2.75, 3.05) is 0 Å². The molecule has 0 aliphatic heterocycles. The number of aromatic carboxylic acids is 1. The summed E-state index contributed by atoms with van der Waals surface area (Å²) in [7, 11) is 0. The highest BCUT2D eigenvalue weighted by Crippen LogP contribution is 2.27. The number of hydrogen-bond donors (Lipinski definition) is 1. The third kappa shape index (κ3) is 3.02. The van der Waals surface area contributed by atoms with Gasteiger partial charge >= 0.3 is 5.97 Å². The minimum Gasteiger partial charge on any atom is -0.476 e. The molecule has 0 fully saturated rings. The van der Waals surface area contributed by atoms with Gasteiger partial charge in [0.2, 0.25) is 0 Å². The van der Waals surface area contributed by atoms with Crippen molar-refractivity contribution in [3.05, 3.63) is 46.6 Å². The Morgan fingerprint density at radius 3 is 2.89 bits per heavy atom. The number of aromatic nitrogens is 1. The number of benzene rings is 1. The zero-order valence-corrected chi connectivity index (χ0v) is 10.5. The van der Waals surface area contributed by atoms with Crippen LogP contribution in [0, 0.1) is 5.82 Å². The fraction of sp³-hybridized carbons (Fsp3) is 0.0909. The molecule has 0 unspecified atom stereocenters. The van der Waals surface area contributed by atoms with Crippen LogP contribution < -0.4 is 0 Å². The van der Waals surface area contributed by atoms with Crippen LogP contribution in [-0.4, -0.2) is 16.2 Å². The molecule has 4 nitrogen and oxygen atoms in total. The van der Waals surface area contributed by atoms with Crippen molar-refractivity contribution in [2.24, 2.45) is 0 Å². The van der Waals surface area contributed by atoms with Gasteiger partial charge in [0.15, 0.2) is 5.69 Å². The largest absolute Gasteiger partial charge is 0.476 e. The molecule has 7 heteroatoms. The lowest BCUT2D eigenvalue weighted by Crippen LogP contribution is -1.94. The van der Waals surface area contributed by atoms with E-state index in [9.17, 15) is 9.18 Å². The van der Waals surface area contributed by atoms with Crippen LogP contribution in [0.15, 0.2) is 33.7 Å². The molecule has 1 aromatic carbocycles. The van der Waals surface area contributed by atoms with E-state index < -0.39 is 11.8 Å². The van der Waals surface area contributed by atoms with Gasteiger partial charge in [0.05, 0.1) is 10.8 Å². The van der Waals surface area contributed by atoms with Gasteiger partial charge in [0.25, 0.3) is 0 Å². The molecule has 1 N–H and O–H groups in total. The summed E-state index contributed by atoms with van der Waals surface area (Å²) in [5.41, 5.74) is -0.136. The molecule has 0 spiro atoms. The molecule has 0 saturated heterocycles. The van der Waals surface area contributed by atoms with Crippen LogP contribution in [0.25, 0.3) is 0 Å². The Morgan fingerprint density at radius 1 is 1.50 bits per heavy atom. The lowest BCUT2D eigenvalue weighted by molar-refractivity contribution is 0.0685. The molecule has 0 aliphatic rings. The van der Waals surface area contributed by atoms with Crippen molar-refractivity contribution in [3.8, 4) is 0 Å². The minimum atomic E-state index is -1.14. The van der Waals surface area contributed by atoms with Crippen molar-refractivity contribution in [1.29, 1.82) is 0 Å². The molecule has 0 bridgehead atoms. The summed E-state index contributed by atoms with van der Waals surface area (Å²) in [6.45, 7) is 0. The van der Waals surface area contributed by atoms with Gasteiger partial charge in [0, 0.05) is 11.0 Å². The van der Waals surface area contributed by atoms with Crippen molar-refractivity contribution in [3.63, 3.8) is 0 Å². The van der Waals surface area contributed by atoms with E-state index in [1.807, 2.05) is 0 Å². The highest BCUT2D eigenvalue weighted by molar-refractivity contribution is 7.98. The number of halogens is 2. The Balaban J connectivity index is 2.02. The second kappa shape index (κ2) is 5.41. The molecule has 94 valence electrons. The summed E-state index contributed by atoms with van der Waals surface area (Å²) in [5, 5.41) is 12.1. The van der Waals surface area contributed by atoms with Gasteiger partial charge in [-0.25, -0.2) is 9.18 Å². The predicted molar refractivity (Wildman–Crippen MR) is 64.4 cm³/mol. The summed E-state index contributed by atoms with van der Waals surface area (Å²) < 4.78 is 17.8. The Morgan fingerprint density at radius 2 is 2.28 bits per heavy atom. The summed E-state index contributed by atoms with van der Waals surface area (Å²) in [6, 6.07) is 5.70. The SMILES string of the molecule is O=C(O)c1cc(CSc2ccc(F)c(Cl)c2)on1. The lowest BCUT2D eigenvalue weighted by Gasteiger charge is -2.00. The van der Waals surface area contributed by atoms with Gasteiger partial charge in [-0.3, -0.25) is 0 Å². The van der Waals surface area contributed by atoms with E-state index in [2.05, 4.69) is 5.16 Å². The summed E-state index contributed by atoms with van der Waals surface area (Å²) >= 11 is 6.98. The molecule has 2 rings (SSSR count). The van der Waals surface area contributed by atoms with Crippen molar-refractivity contribution in [1.82, 2.24) is 5.16 Å². The number of thioether (sulfide) groups is 1. The van der Waals surface area contributed by atoms with Crippen molar-refractivity contribution in [2.45, 2.75) is 10.6 Å². The number of carbonyl (C=O) groups is 1. The van der Waals surface area contributed by atoms with Gasteiger partial charge < -0.3 is 9.63 Å². The van der Waals surface area contributed by atoms with Gasteiger partial charge in [0.1, 0.15) is 11.6 Å². The highest BCUT2D eigenvalue weighted by atomic mass is 35.5. The van der Waals surface area contributed by atoms with Gasteiger partial charge in [-0.2, -0.15) is 0 Å². The third-order valence-electron chi connectivity index (χ3n) is 2.05.